The summed E-state index contributed by atoms with van der Waals surface area (Å²) in [7, 11) is 1.49. The van der Waals surface area contributed by atoms with Crippen molar-refractivity contribution < 1.29 is 33.2 Å². The highest BCUT2D eigenvalue weighted by Gasteiger charge is 2.57. The number of ether oxygens (including phenoxy) is 6. The molecule has 0 amide bonds. The normalized spacial score (nSPS) is 40.3. The Morgan fingerprint density at radius 1 is 1.05 bits per heavy atom. The topological polar surface area (TPSA) is 72.5 Å². The van der Waals surface area contributed by atoms with Crippen LogP contribution >= 0.6 is 0 Å². The van der Waals surface area contributed by atoms with E-state index in [1.165, 1.54) is 7.11 Å². The Bertz CT molecular complexity index is 548. The molecule has 3 aliphatic heterocycles. The minimum absolute atomic E-state index is 0.324. The Labute approximate surface area is 127 Å². The molecule has 0 aromatic heterocycles. The fourth-order valence-electron chi connectivity index (χ4n) is 3.03. The zero-order valence-electron chi connectivity index (χ0n) is 11.9. The van der Waals surface area contributed by atoms with Crippen LogP contribution in [0.15, 0.2) is 30.3 Å². The molecule has 118 valence electrons. The summed E-state index contributed by atoms with van der Waals surface area (Å²) in [6, 6.07) is 9.58. The van der Waals surface area contributed by atoms with Gasteiger partial charge >= 0.3 is 6.16 Å². The van der Waals surface area contributed by atoms with Crippen molar-refractivity contribution in [1.82, 2.24) is 0 Å². The Balaban J connectivity index is 1.56. The van der Waals surface area contributed by atoms with Crippen molar-refractivity contribution in [2.75, 3.05) is 13.7 Å². The van der Waals surface area contributed by atoms with E-state index >= 15 is 0 Å². The van der Waals surface area contributed by atoms with E-state index in [0.717, 1.165) is 5.56 Å². The van der Waals surface area contributed by atoms with Crippen molar-refractivity contribution in [2.45, 2.75) is 37.0 Å². The standard InChI is InChI=1S/C15H16O7/c1-17-14-12-11(21-15(16)22-12)10-9(19-14)7-18-13(20-10)8-5-3-2-4-6-8/h2-6,9-14H,7H2,1H3/t9-,10-,11+,12+,13?,14+/m1/s1. The van der Waals surface area contributed by atoms with E-state index in [1.807, 2.05) is 30.3 Å². The predicted octanol–water partition coefficient (Wildman–Crippen LogP) is 1.38. The van der Waals surface area contributed by atoms with Crippen LogP contribution < -0.4 is 0 Å². The largest absolute Gasteiger partial charge is 0.509 e. The van der Waals surface area contributed by atoms with Crippen LogP contribution in [-0.4, -0.2) is 50.6 Å². The summed E-state index contributed by atoms with van der Waals surface area (Å²) >= 11 is 0. The van der Waals surface area contributed by atoms with Gasteiger partial charge in [0.1, 0.15) is 12.2 Å². The molecule has 1 unspecified atom stereocenters. The van der Waals surface area contributed by atoms with E-state index in [-0.39, 0.29) is 6.10 Å². The molecule has 0 bridgehead atoms. The highest BCUT2D eigenvalue weighted by atomic mass is 16.8. The first-order valence-electron chi connectivity index (χ1n) is 7.14. The summed E-state index contributed by atoms with van der Waals surface area (Å²) in [6.07, 6.45) is -3.96. The second-order valence-corrected chi connectivity index (χ2v) is 5.37. The van der Waals surface area contributed by atoms with Crippen LogP contribution in [0.1, 0.15) is 11.9 Å². The van der Waals surface area contributed by atoms with Crippen LogP contribution in [0.4, 0.5) is 4.79 Å². The molecule has 3 aliphatic rings. The zero-order valence-corrected chi connectivity index (χ0v) is 11.9. The summed E-state index contributed by atoms with van der Waals surface area (Å²) < 4.78 is 33.0. The van der Waals surface area contributed by atoms with Crippen molar-refractivity contribution in [3.8, 4) is 0 Å². The summed E-state index contributed by atoms with van der Waals surface area (Å²) in [5.74, 6) is 0. The number of carbonyl (C=O) groups excluding carboxylic acids is 1. The quantitative estimate of drug-likeness (QED) is 0.764. The Hall–Kier alpha value is -1.67. The molecular weight excluding hydrogens is 292 g/mol. The van der Waals surface area contributed by atoms with E-state index in [2.05, 4.69) is 0 Å². The predicted molar refractivity (Wildman–Crippen MR) is 70.8 cm³/mol. The van der Waals surface area contributed by atoms with Gasteiger partial charge in [0.25, 0.3) is 0 Å². The maximum atomic E-state index is 11.5. The van der Waals surface area contributed by atoms with Gasteiger partial charge < -0.3 is 28.4 Å². The van der Waals surface area contributed by atoms with Crippen LogP contribution in [0.3, 0.4) is 0 Å². The number of hydrogen-bond acceptors (Lipinski definition) is 7. The van der Waals surface area contributed by atoms with Gasteiger partial charge in [0, 0.05) is 12.7 Å². The number of carbonyl (C=O) groups is 1. The van der Waals surface area contributed by atoms with E-state index in [1.54, 1.807) is 0 Å². The molecule has 1 aromatic carbocycles. The highest BCUT2D eigenvalue weighted by molar-refractivity contribution is 5.63. The van der Waals surface area contributed by atoms with Crippen LogP contribution in [0.25, 0.3) is 0 Å². The highest BCUT2D eigenvalue weighted by Crippen LogP contribution is 2.38. The lowest BCUT2D eigenvalue weighted by molar-refractivity contribution is -0.343. The zero-order chi connectivity index (χ0) is 15.1. The maximum absolute atomic E-state index is 11.5. The van der Waals surface area contributed by atoms with E-state index in [4.69, 9.17) is 28.4 Å². The SMILES string of the molecule is CO[C@H]1O[C@@H]2COC(c3ccccc3)O[C@H]2[C@@H]2OC(=O)O[C@H]12. The molecular formula is C15H16O7. The molecule has 22 heavy (non-hydrogen) atoms. The third-order valence-corrected chi connectivity index (χ3v) is 4.05. The van der Waals surface area contributed by atoms with E-state index in [0.29, 0.717) is 6.61 Å². The van der Waals surface area contributed by atoms with Crippen molar-refractivity contribution in [3.63, 3.8) is 0 Å². The number of hydrogen-bond donors (Lipinski definition) is 0. The Morgan fingerprint density at radius 2 is 1.82 bits per heavy atom. The number of rotatable bonds is 2. The summed E-state index contributed by atoms with van der Waals surface area (Å²) in [4.78, 5) is 11.5. The average Bonchev–Trinajstić information content (AvgIpc) is 2.96. The van der Waals surface area contributed by atoms with Gasteiger partial charge in [-0.05, 0) is 0 Å². The molecule has 3 heterocycles. The second kappa shape index (κ2) is 5.51. The molecule has 0 aliphatic carbocycles. The van der Waals surface area contributed by atoms with Gasteiger partial charge in [0.2, 0.25) is 0 Å². The second-order valence-electron chi connectivity index (χ2n) is 5.37. The smallest absolute Gasteiger partial charge is 0.424 e. The Kier molecular flexibility index (Phi) is 3.50. The van der Waals surface area contributed by atoms with Gasteiger partial charge in [0.15, 0.2) is 24.8 Å². The number of fused-ring (bicyclic) bond motifs is 3. The first-order chi connectivity index (χ1) is 10.8. The van der Waals surface area contributed by atoms with Crippen molar-refractivity contribution in [1.29, 1.82) is 0 Å². The van der Waals surface area contributed by atoms with Gasteiger partial charge in [-0.1, -0.05) is 30.3 Å². The summed E-state index contributed by atoms with van der Waals surface area (Å²) in [5.41, 5.74) is 0.900. The lowest BCUT2D eigenvalue weighted by Crippen LogP contribution is -2.61. The number of methoxy groups -OCH3 is 1. The minimum Gasteiger partial charge on any atom is -0.424 e. The fourth-order valence-corrected chi connectivity index (χ4v) is 3.03. The first-order valence-corrected chi connectivity index (χ1v) is 7.14. The Morgan fingerprint density at radius 3 is 2.59 bits per heavy atom. The molecule has 0 N–H and O–H groups in total. The molecule has 3 fully saturated rings. The van der Waals surface area contributed by atoms with Gasteiger partial charge in [-0.15, -0.1) is 0 Å². The maximum Gasteiger partial charge on any atom is 0.509 e. The van der Waals surface area contributed by atoms with Crippen molar-refractivity contribution in [3.05, 3.63) is 35.9 Å². The molecule has 3 saturated heterocycles. The van der Waals surface area contributed by atoms with Crippen LogP contribution in [0.5, 0.6) is 0 Å². The minimum atomic E-state index is -0.729. The van der Waals surface area contributed by atoms with Crippen molar-refractivity contribution in [2.24, 2.45) is 0 Å². The van der Waals surface area contributed by atoms with Crippen LogP contribution in [0.2, 0.25) is 0 Å². The molecule has 0 spiro atoms. The lowest BCUT2D eigenvalue weighted by Gasteiger charge is -2.44. The lowest BCUT2D eigenvalue weighted by atomic mass is 9.98. The molecule has 1 aromatic rings. The van der Waals surface area contributed by atoms with Crippen LogP contribution in [-0.2, 0) is 28.4 Å². The van der Waals surface area contributed by atoms with Crippen LogP contribution in [0, 0.1) is 0 Å². The third kappa shape index (κ3) is 2.26. The van der Waals surface area contributed by atoms with E-state index < -0.39 is 37.0 Å². The molecule has 0 saturated carbocycles. The summed E-state index contributed by atoms with van der Waals surface area (Å²) in [5, 5.41) is 0. The molecule has 0 radical (unpaired) electrons. The average molecular weight is 308 g/mol. The van der Waals surface area contributed by atoms with Gasteiger partial charge in [-0.25, -0.2) is 4.79 Å². The van der Waals surface area contributed by atoms with Crippen molar-refractivity contribution >= 4 is 6.16 Å². The van der Waals surface area contributed by atoms with Gasteiger partial charge in [-0.3, -0.25) is 0 Å². The monoisotopic (exact) mass is 308 g/mol. The third-order valence-electron chi connectivity index (χ3n) is 4.05. The molecule has 7 nitrogen and oxygen atoms in total. The summed E-state index contributed by atoms with van der Waals surface area (Å²) in [6.45, 7) is 0.324. The van der Waals surface area contributed by atoms with Gasteiger partial charge in [-0.2, -0.15) is 0 Å². The fraction of sp³-hybridized carbons (Fsp3) is 0.533. The van der Waals surface area contributed by atoms with Gasteiger partial charge in [0.05, 0.1) is 6.61 Å². The van der Waals surface area contributed by atoms with E-state index in [9.17, 15) is 4.79 Å². The number of benzene rings is 1. The molecule has 7 heteroatoms. The first kappa shape index (κ1) is 14.0. The molecule has 6 atom stereocenters. The molecule has 4 rings (SSSR count).